The minimum Gasteiger partial charge on any atom is -0.361 e. The van der Waals surface area contributed by atoms with Gasteiger partial charge in [-0.05, 0) is 35.4 Å². The zero-order valence-electron chi connectivity index (χ0n) is 13.8. The van der Waals surface area contributed by atoms with E-state index in [2.05, 4.69) is 5.32 Å². The maximum Gasteiger partial charge on any atom is 0.258 e. The lowest BCUT2D eigenvalue weighted by Gasteiger charge is -2.38. The first-order chi connectivity index (χ1) is 12.6. The van der Waals surface area contributed by atoms with Gasteiger partial charge in [0.25, 0.3) is 5.91 Å². The van der Waals surface area contributed by atoms with Crippen molar-refractivity contribution in [1.29, 1.82) is 0 Å². The lowest BCUT2D eigenvalue weighted by molar-refractivity contribution is 0.0666. The Morgan fingerprint density at radius 1 is 0.885 bits per heavy atom. The van der Waals surface area contributed by atoms with E-state index in [1.807, 2.05) is 36.4 Å². The van der Waals surface area contributed by atoms with Gasteiger partial charge in [-0.15, -0.1) is 0 Å². The third kappa shape index (κ3) is 2.92. The van der Waals surface area contributed by atoms with E-state index >= 15 is 0 Å². The number of carbonyl (C=O) groups is 1. The van der Waals surface area contributed by atoms with Gasteiger partial charge in [-0.25, -0.2) is 8.78 Å². The normalized spacial score (nSPS) is 16.2. The molecule has 1 N–H and O–H groups in total. The number of halogens is 2. The molecule has 1 aliphatic rings. The molecule has 1 atom stereocenters. The van der Waals surface area contributed by atoms with Crippen LogP contribution in [0.15, 0.2) is 72.8 Å². The van der Waals surface area contributed by atoms with Crippen LogP contribution in [0.3, 0.4) is 0 Å². The molecular formula is C21H16F2N2O. The topological polar surface area (TPSA) is 32.3 Å². The number of benzene rings is 3. The van der Waals surface area contributed by atoms with Crippen molar-refractivity contribution in [3.05, 3.63) is 101 Å². The molecule has 0 fully saturated rings. The van der Waals surface area contributed by atoms with Crippen molar-refractivity contribution < 1.29 is 13.6 Å². The van der Waals surface area contributed by atoms with Crippen molar-refractivity contribution in [2.75, 3.05) is 5.32 Å². The number of para-hydroxylation sites is 1. The molecule has 130 valence electrons. The van der Waals surface area contributed by atoms with Crippen LogP contribution in [0, 0.1) is 11.6 Å². The molecule has 0 saturated heterocycles. The van der Waals surface area contributed by atoms with Crippen LogP contribution in [0.4, 0.5) is 14.5 Å². The van der Waals surface area contributed by atoms with E-state index in [9.17, 15) is 13.6 Å². The quantitative estimate of drug-likeness (QED) is 0.740. The van der Waals surface area contributed by atoms with Crippen molar-refractivity contribution in [2.45, 2.75) is 12.7 Å². The van der Waals surface area contributed by atoms with Crippen LogP contribution in [-0.4, -0.2) is 10.8 Å². The standard InChI is InChI=1S/C21H16F2N2O/c22-17-11-10-15(12-18(17)23)20-24-19-9-5-4-8-16(19)21(26)25(20)13-14-6-2-1-3-7-14/h1-12,20,24H,13H2/t20-/m1/s1. The largest absolute Gasteiger partial charge is 0.361 e. The summed E-state index contributed by atoms with van der Waals surface area (Å²) in [7, 11) is 0. The van der Waals surface area contributed by atoms with Crippen LogP contribution in [-0.2, 0) is 6.54 Å². The van der Waals surface area contributed by atoms with E-state index < -0.39 is 17.8 Å². The number of fused-ring (bicyclic) bond motifs is 1. The summed E-state index contributed by atoms with van der Waals surface area (Å²) in [6.07, 6.45) is -0.590. The Hall–Kier alpha value is -3.21. The molecule has 0 aromatic heterocycles. The molecule has 1 heterocycles. The van der Waals surface area contributed by atoms with Gasteiger partial charge in [0.2, 0.25) is 0 Å². The minimum atomic E-state index is -0.935. The van der Waals surface area contributed by atoms with Crippen molar-refractivity contribution in [3.63, 3.8) is 0 Å². The lowest BCUT2D eigenvalue weighted by atomic mass is 10.0. The molecule has 0 aliphatic carbocycles. The second kappa shape index (κ2) is 6.59. The molecule has 0 spiro atoms. The van der Waals surface area contributed by atoms with E-state index in [4.69, 9.17) is 0 Å². The van der Waals surface area contributed by atoms with E-state index in [0.717, 1.165) is 17.7 Å². The zero-order chi connectivity index (χ0) is 18.1. The van der Waals surface area contributed by atoms with E-state index in [0.29, 0.717) is 23.4 Å². The van der Waals surface area contributed by atoms with Gasteiger partial charge in [-0.3, -0.25) is 4.79 Å². The summed E-state index contributed by atoms with van der Waals surface area (Å²) in [5, 5.41) is 3.28. The SMILES string of the molecule is O=C1c2ccccc2N[C@@H](c2ccc(F)c(F)c2)N1Cc1ccccc1. The number of carbonyl (C=O) groups excluding carboxylic acids is 1. The van der Waals surface area contributed by atoms with Gasteiger partial charge in [0.15, 0.2) is 11.6 Å². The Labute approximate surface area is 149 Å². The summed E-state index contributed by atoms with van der Waals surface area (Å²) >= 11 is 0. The first kappa shape index (κ1) is 16.3. The average molecular weight is 350 g/mol. The van der Waals surface area contributed by atoms with E-state index in [1.165, 1.54) is 6.07 Å². The third-order valence-corrected chi connectivity index (χ3v) is 4.48. The summed E-state index contributed by atoms with van der Waals surface area (Å²) in [4.78, 5) is 14.7. The monoisotopic (exact) mass is 350 g/mol. The van der Waals surface area contributed by atoms with Gasteiger partial charge < -0.3 is 10.2 Å². The number of amides is 1. The average Bonchev–Trinajstić information content (AvgIpc) is 2.67. The van der Waals surface area contributed by atoms with Crippen LogP contribution in [0.25, 0.3) is 0 Å². The van der Waals surface area contributed by atoms with Crippen LogP contribution in [0.1, 0.15) is 27.7 Å². The molecule has 0 bridgehead atoms. The van der Waals surface area contributed by atoms with Gasteiger partial charge in [-0.1, -0.05) is 48.5 Å². The molecule has 5 heteroatoms. The molecule has 1 amide bonds. The highest BCUT2D eigenvalue weighted by Crippen LogP contribution is 2.34. The Bertz CT molecular complexity index is 959. The molecule has 4 rings (SSSR count). The molecule has 0 saturated carbocycles. The van der Waals surface area contributed by atoms with Gasteiger partial charge >= 0.3 is 0 Å². The fourth-order valence-electron chi connectivity index (χ4n) is 3.18. The fraction of sp³-hybridized carbons (Fsp3) is 0.0952. The smallest absolute Gasteiger partial charge is 0.258 e. The summed E-state index contributed by atoms with van der Waals surface area (Å²) in [6, 6.07) is 20.5. The number of hydrogen-bond donors (Lipinski definition) is 1. The van der Waals surface area contributed by atoms with E-state index in [1.54, 1.807) is 23.1 Å². The predicted molar refractivity (Wildman–Crippen MR) is 95.5 cm³/mol. The lowest BCUT2D eigenvalue weighted by Crippen LogP contribution is -2.42. The van der Waals surface area contributed by atoms with Crippen LogP contribution in [0.5, 0.6) is 0 Å². The molecule has 0 unspecified atom stereocenters. The number of hydrogen-bond acceptors (Lipinski definition) is 2. The molecular weight excluding hydrogens is 334 g/mol. The first-order valence-corrected chi connectivity index (χ1v) is 8.29. The summed E-state index contributed by atoms with van der Waals surface area (Å²) in [5.74, 6) is -2.00. The highest BCUT2D eigenvalue weighted by Gasteiger charge is 2.33. The first-order valence-electron chi connectivity index (χ1n) is 8.29. The summed E-state index contributed by atoms with van der Waals surface area (Å²) in [5.41, 5.74) is 2.68. The van der Waals surface area contributed by atoms with Crippen molar-refractivity contribution in [1.82, 2.24) is 4.90 Å². The van der Waals surface area contributed by atoms with E-state index in [-0.39, 0.29) is 5.91 Å². The predicted octanol–water partition coefficient (Wildman–Crippen LogP) is 4.73. The van der Waals surface area contributed by atoms with Gasteiger partial charge in [-0.2, -0.15) is 0 Å². The van der Waals surface area contributed by atoms with Crippen LogP contribution in [0.2, 0.25) is 0 Å². The zero-order valence-corrected chi connectivity index (χ0v) is 13.8. The summed E-state index contributed by atoms with van der Waals surface area (Å²) in [6.45, 7) is 0.352. The molecule has 0 radical (unpaired) electrons. The Morgan fingerprint density at radius 3 is 2.38 bits per heavy atom. The van der Waals surface area contributed by atoms with Gasteiger partial charge in [0.05, 0.1) is 5.56 Å². The second-order valence-electron chi connectivity index (χ2n) is 6.18. The Balaban J connectivity index is 1.77. The van der Waals surface area contributed by atoms with Crippen LogP contribution < -0.4 is 5.32 Å². The molecule has 3 aromatic rings. The maximum absolute atomic E-state index is 13.8. The number of rotatable bonds is 3. The van der Waals surface area contributed by atoms with Crippen molar-refractivity contribution >= 4 is 11.6 Å². The highest BCUT2D eigenvalue weighted by atomic mass is 19.2. The highest BCUT2D eigenvalue weighted by molar-refractivity contribution is 6.01. The van der Waals surface area contributed by atoms with Crippen molar-refractivity contribution in [3.8, 4) is 0 Å². The number of nitrogens with one attached hydrogen (secondary N) is 1. The third-order valence-electron chi connectivity index (χ3n) is 4.48. The summed E-state index contributed by atoms with van der Waals surface area (Å²) < 4.78 is 27.1. The van der Waals surface area contributed by atoms with Crippen molar-refractivity contribution in [2.24, 2.45) is 0 Å². The number of nitrogens with zero attached hydrogens (tertiary/aromatic N) is 1. The van der Waals surface area contributed by atoms with Gasteiger partial charge in [0.1, 0.15) is 6.17 Å². The van der Waals surface area contributed by atoms with Gasteiger partial charge in [0, 0.05) is 12.2 Å². The molecule has 1 aliphatic heterocycles. The van der Waals surface area contributed by atoms with Crippen LogP contribution >= 0.6 is 0 Å². The number of anilines is 1. The maximum atomic E-state index is 13.8. The second-order valence-corrected chi connectivity index (χ2v) is 6.18. The molecule has 3 nitrogen and oxygen atoms in total. The Kier molecular flexibility index (Phi) is 4.13. The molecule has 26 heavy (non-hydrogen) atoms. The fourth-order valence-corrected chi connectivity index (χ4v) is 3.18. The molecule has 3 aromatic carbocycles. The minimum absolute atomic E-state index is 0.155. The Morgan fingerprint density at radius 2 is 1.62 bits per heavy atom.